The lowest BCUT2D eigenvalue weighted by molar-refractivity contribution is 0.312. The average Bonchev–Trinajstić information content (AvgIpc) is 3.52. The normalized spacial score (nSPS) is 14.7. The van der Waals surface area contributed by atoms with Crippen LogP contribution >= 0.6 is 0 Å². The number of fused-ring (bicyclic) bond motifs is 1. The second-order valence-electron chi connectivity index (χ2n) is 8.63. The third-order valence-electron chi connectivity index (χ3n) is 6.41. The molecule has 5 aromatic rings. The maximum atomic E-state index is 13.4. The molecule has 1 aliphatic rings. The van der Waals surface area contributed by atoms with Gasteiger partial charge in [-0.1, -0.05) is 6.07 Å². The molecule has 7 nitrogen and oxygen atoms in total. The molecular weight excluding hydrogens is 429 g/mol. The van der Waals surface area contributed by atoms with E-state index < -0.39 is 0 Å². The molecule has 0 aliphatic carbocycles. The molecule has 8 heteroatoms. The minimum atomic E-state index is -0.263. The van der Waals surface area contributed by atoms with Gasteiger partial charge in [0.2, 0.25) is 0 Å². The van der Waals surface area contributed by atoms with E-state index in [1.54, 1.807) is 18.3 Å². The first-order valence-corrected chi connectivity index (χ1v) is 11.3. The van der Waals surface area contributed by atoms with E-state index in [4.69, 9.17) is 4.98 Å². The monoisotopic (exact) mass is 453 g/mol. The van der Waals surface area contributed by atoms with Crippen LogP contribution in [-0.4, -0.2) is 62.7 Å². The Labute approximate surface area is 196 Å². The van der Waals surface area contributed by atoms with Gasteiger partial charge in [0.25, 0.3) is 0 Å². The molecule has 0 amide bonds. The molecule has 0 bridgehead atoms. The van der Waals surface area contributed by atoms with Crippen LogP contribution in [0.5, 0.6) is 0 Å². The van der Waals surface area contributed by atoms with Gasteiger partial charge in [-0.05, 0) is 55.6 Å². The number of benzene rings is 1. The Kier molecular flexibility index (Phi) is 5.07. The smallest absolute Gasteiger partial charge is 0.137 e. The standard InChI is InChI=1S/C26H24FN7/c1-32-11-13-33(14-12-32)25-4-2-3-22(30-25)23-16-28-24-10-7-19(17-34(23)24)21-15-29-31-26(21)18-5-8-20(27)9-6-18/h2-10,15-17H,11-14H2,1H3,(H,29,31). The van der Waals surface area contributed by atoms with Crippen LogP contribution in [0.3, 0.4) is 0 Å². The SMILES string of the molecule is CN1CCN(c2cccc(-c3cnc4ccc(-c5cn[nH]c5-c5ccc(F)cc5)cn34)n2)CC1. The summed E-state index contributed by atoms with van der Waals surface area (Å²) in [5.74, 6) is 0.728. The first kappa shape index (κ1) is 20.6. The highest BCUT2D eigenvalue weighted by Crippen LogP contribution is 2.31. The first-order chi connectivity index (χ1) is 16.7. The molecule has 0 saturated carbocycles. The van der Waals surface area contributed by atoms with E-state index in [0.717, 1.165) is 71.4 Å². The van der Waals surface area contributed by atoms with E-state index in [-0.39, 0.29) is 5.82 Å². The van der Waals surface area contributed by atoms with E-state index in [0.29, 0.717) is 0 Å². The predicted octanol–water partition coefficient (Wildman–Crippen LogP) is 4.34. The predicted molar refractivity (Wildman–Crippen MR) is 131 cm³/mol. The number of pyridine rings is 2. The number of hydrogen-bond acceptors (Lipinski definition) is 5. The molecule has 34 heavy (non-hydrogen) atoms. The van der Waals surface area contributed by atoms with Crippen molar-refractivity contribution in [2.24, 2.45) is 0 Å². The number of nitrogens with zero attached hydrogens (tertiary/aromatic N) is 6. The van der Waals surface area contributed by atoms with Crippen molar-refractivity contribution in [1.82, 2.24) is 29.5 Å². The maximum Gasteiger partial charge on any atom is 0.137 e. The molecule has 1 aliphatic heterocycles. The third kappa shape index (κ3) is 3.72. The van der Waals surface area contributed by atoms with Crippen molar-refractivity contribution in [1.29, 1.82) is 0 Å². The molecule has 4 aromatic heterocycles. The first-order valence-electron chi connectivity index (χ1n) is 11.3. The Morgan fingerprint density at radius 3 is 2.50 bits per heavy atom. The number of H-pyrrole nitrogens is 1. The molecule has 5 heterocycles. The van der Waals surface area contributed by atoms with Gasteiger partial charge >= 0.3 is 0 Å². The van der Waals surface area contributed by atoms with Crippen LogP contribution in [0.4, 0.5) is 10.2 Å². The summed E-state index contributed by atoms with van der Waals surface area (Å²) in [6, 6.07) is 16.6. The molecule has 0 atom stereocenters. The van der Waals surface area contributed by atoms with E-state index >= 15 is 0 Å². The summed E-state index contributed by atoms with van der Waals surface area (Å²) in [7, 11) is 2.15. The van der Waals surface area contributed by atoms with Crippen molar-refractivity contribution in [2.45, 2.75) is 0 Å². The van der Waals surface area contributed by atoms with E-state index in [9.17, 15) is 4.39 Å². The van der Waals surface area contributed by atoms with Crippen molar-refractivity contribution < 1.29 is 4.39 Å². The number of anilines is 1. The van der Waals surface area contributed by atoms with Crippen molar-refractivity contribution in [2.75, 3.05) is 38.1 Å². The maximum absolute atomic E-state index is 13.4. The average molecular weight is 454 g/mol. The molecule has 1 aromatic carbocycles. The number of rotatable bonds is 4. The Balaban J connectivity index is 1.38. The van der Waals surface area contributed by atoms with Crippen LogP contribution in [0, 0.1) is 5.82 Å². The fraction of sp³-hybridized carbons (Fsp3) is 0.192. The zero-order valence-electron chi connectivity index (χ0n) is 18.8. The summed E-state index contributed by atoms with van der Waals surface area (Å²) in [5.41, 5.74) is 6.30. The van der Waals surface area contributed by atoms with Crippen LogP contribution in [0.25, 0.3) is 39.4 Å². The second kappa shape index (κ2) is 8.39. The summed E-state index contributed by atoms with van der Waals surface area (Å²) >= 11 is 0. The quantitative estimate of drug-likeness (QED) is 0.439. The van der Waals surface area contributed by atoms with Gasteiger partial charge in [-0.2, -0.15) is 5.10 Å². The number of hydrogen-bond donors (Lipinski definition) is 1. The summed E-state index contributed by atoms with van der Waals surface area (Å²) in [6.07, 6.45) is 5.72. The Bertz CT molecular complexity index is 1450. The molecule has 1 fully saturated rings. The van der Waals surface area contributed by atoms with Gasteiger partial charge in [0.05, 0.1) is 29.5 Å². The van der Waals surface area contributed by atoms with Crippen LogP contribution in [-0.2, 0) is 0 Å². The molecule has 0 spiro atoms. The van der Waals surface area contributed by atoms with Crippen LogP contribution in [0.1, 0.15) is 0 Å². The van der Waals surface area contributed by atoms with Gasteiger partial charge in [-0.25, -0.2) is 14.4 Å². The molecule has 0 unspecified atom stereocenters. The van der Waals surface area contributed by atoms with Crippen molar-refractivity contribution in [3.05, 3.63) is 79.0 Å². The minimum absolute atomic E-state index is 0.263. The topological polar surface area (TPSA) is 65.4 Å². The van der Waals surface area contributed by atoms with Gasteiger partial charge in [0.1, 0.15) is 17.3 Å². The number of likely N-dealkylation sites (N-methyl/N-ethyl adjacent to an activating group) is 1. The summed E-state index contributed by atoms with van der Waals surface area (Å²) in [6.45, 7) is 4.01. The summed E-state index contributed by atoms with van der Waals surface area (Å²) < 4.78 is 15.5. The van der Waals surface area contributed by atoms with Gasteiger partial charge in [-0.3, -0.25) is 9.50 Å². The largest absolute Gasteiger partial charge is 0.354 e. The van der Waals surface area contributed by atoms with Crippen LogP contribution in [0.15, 0.2) is 73.2 Å². The Morgan fingerprint density at radius 1 is 0.882 bits per heavy atom. The van der Waals surface area contributed by atoms with E-state index in [1.165, 1.54) is 12.1 Å². The zero-order valence-corrected chi connectivity index (χ0v) is 18.8. The van der Waals surface area contributed by atoms with Crippen molar-refractivity contribution >= 4 is 11.5 Å². The molecule has 170 valence electrons. The van der Waals surface area contributed by atoms with Gasteiger partial charge in [-0.15, -0.1) is 0 Å². The van der Waals surface area contributed by atoms with Crippen molar-refractivity contribution in [3.8, 4) is 33.8 Å². The lowest BCUT2D eigenvalue weighted by atomic mass is 10.0. The molecule has 1 N–H and O–H groups in total. The van der Waals surface area contributed by atoms with Crippen LogP contribution in [0.2, 0.25) is 0 Å². The number of nitrogens with one attached hydrogen (secondary N) is 1. The Hall–Kier alpha value is -4.04. The molecule has 6 rings (SSSR count). The third-order valence-corrected chi connectivity index (χ3v) is 6.41. The second-order valence-corrected chi connectivity index (χ2v) is 8.63. The van der Waals surface area contributed by atoms with Crippen LogP contribution < -0.4 is 4.90 Å². The van der Waals surface area contributed by atoms with Gasteiger partial charge < -0.3 is 9.80 Å². The van der Waals surface area contributed by atoms with Gasteiger partial charge in [0.15, 0.2) is 0 Å². The number of halogens is 1. The number of imidazole rings is 1. The van der Waals surface area contributed by atoms with Gasteiger partial charge in [0, 0.05) is 49.1 Å². The summed E-state index contributed by atoms with van der Waals surface area (Å²) in [4.78, 5) is 14.2. The molecular formula is C26H24FN7. The highest BCUT2D eigenvalue weighted by molar-refractivity contribution is 5.81. The number of aromatic nitrogens is 5. The highest BCUT2D eigenvalue weighted by Gasteiger charge is 2.17. The Morgan fingerprint density at radius 2 is 1.68 bits per heavy atom. The lowest BCUT2D eigenvalue weighted by Gasteiger charge is -2.33. The van der Waals surface area contributed by atoms with E-state index in [1.807, 2.05) is 24.4 Å². The lowest BCUT2D eigenvalue weighted by Crippen LogP contribution is -2.44. The van der Waals surface area contributed by atoms with E-state index in [2.05, 4.69) is 54.8 Å². The fourth-order valence-corrected chi connectivity index (χ4v) is 4.45. The fourth-order valence-electron chi connectivity index (χ4n) is 4.45. The zero-order chi connectivity index (χ0) is 23.1. The summed E-state index contributed by atoms with van der Waals surface area (Å²) in [5, 5.41) is 7.31. The van der Waals surface area contributed by atoms with Crippen molar-refractivity contribution in [3.63, 3.8) is 0 Å². The number of aromatic amines is 1. The minimum Gasteiger partial charge on any atom is -0.354 e. The number of piperazine rings is 1. The molecule has 1 saturated heterocycles. The molecule has 0 radical (unpaired) electrons. The highest BCUT2D eigenvalue weighted by atomic mass is 19.1.